The molecule has 0 N–H and O–H groups in total. The molecule has 1 aromatic carbocycles. The summed E-state index contributed by atoms with van der Waals surface area (Å²) in [7, 11) is 0. The lowest BCUT2D eigenvalue weighted by molar-refractivity contribution is -0.131. The van der Waals surface area contributed by atoms with Crippen LogP contribution in [0.1, 0.15) is 38.7 Å². The van der Waals surface area contributed by atoms with Gasteiger partial charge in [0.05, 0.1) is 0 Å². The van der Waals surface area contributed by atoms with Crippen LogP contribution in [-0.2, 0) is 4.79 Å². The average molecular weight is 322 g/mol. The Morgan fingerprint density at radius 2 is 1.79 bits per heavy atom. The van der Waals surface area contributed by atoms with Gasteiger partial charge in [-0.15, -0.1) is 0 Å². The number of carbonyl (C=O) groups is 1. The maximum atomic E-state index is 12.3. The van der Waals surface area contributed by atoms with Crippen molar-refractivity contribution in [3.05, 3.63) is 40.4 Å². The molecule has 1 aliphatic rings. The first kappa shape index (κ1) is 14.3. The lowest BCUT2D eigenvalue weighted by Gasteiger charge is -2.38. The molecular formula is C16H20BrNO. The van der Waals surface area contributed by atoms with Crippen molar-refractivity contribution in [2.45, 2.75) is 45.2 Å². The lowest BCUT2D eigenvalue weighted by atomic mass is 9.97. The molecule has 0 aliphatic carbocycles. The van der Waals surface area contributed by atoms with Crippen molar-refractivity contribution >= 4 is 27.9 Å². The highest BCUT2D eigenvalue weighted by Crippen LogP contribution is 2.23. The van der Waals surface area contributed by atoms with Crippen LogP contribution in [0.15, 0.2) is 34.8 Å². The predicted molar refractivity (Wildman–Crippen MR) is 82.8 cm³/mol. The normalized spacial score (nSPS) is 23.8. The number of likely N-dealkylation sites (tertiary alicyclic amines) is 1. The Morgan fingerprint density at radius 3 is 2.37 bits per heavy atom. The van der Waals surface area contributed by atoms with Crippen LogP contribution in [0.4, 0.5) is 0 Å². The first-order chi connectivity index (χ1) is 9.08. The van der Waals surface area contributed by atoms with E-state index in [1.54, 1.807) is 6.08 Å². The van der Waals surface area contributed by atoms with Crippen LogP contribution in [0.2, 0.25) is 0 Å². The molecule has 1 aliphatic heterocycles. The zero-order valence-corrected chi connectivity index (χ0v) is 13.1. The number of hydrogen-bond acceptors (Lipinski definition) is 1. The van der Waals surface area contributed by atoms with E-state index in [2.05, 4.69) is 29.8 Å². The fourth-order valence-corrected chi connectivity index (χ4v) is 2.95. The number of amides is 1. The van der Waals surface area contributed by atoms with Crippen LogP contribution >= 0.6 is 15.9 Å². The summed E-state index contributed by atoms with van der Waals surface area (Å²) in [5, 5.41) is 0. The second kappa shape index (κ2) is 6.38. The van der Waals surface area contributed by atoms with Gasteiger partial charge in [-0.25, -0.2) is 0 Å². The number of benzene rings is 1. The number of piperidine rings is 1. The first-order valence-electron chi connectivity index (χ1n) is 6.84. The fraction of sp³-hybridized carbons (Fsp3) is 0.438. The summed E-state index contributed by atoms with van der Waals surface area (Å²) >= 11 is 3.40. The van der Waals surface area contributed by atoms with Gasteiger partial charge in [-0.05, 0) is 56.9 Å². The molecule has 0 radical (unpaired) electrons. The molecule has 2 atom stereocenters. The topological polar surface area (TPSA) is 20.3 Å². The van der Waals surface area contributed by atoms with E-state index in [9.17, 15) is 4.79 Å². The van der Waals surface area contributed by atoms with Gasteiger partial charge >= 0.3 is 0 Å². The molecule has 3 heteroatoms. The molecule has 19 heavy (non-hydrogen) atoms. The van der Waals surface area contributed by atoms with Crippen molar-refractivity contribution in [2.24, 2.45) is 0 Å². The van der Waals surface area contributed by atoms with Crippen molar-refractivity contribution in [2.75, 3.05) is 0 Å². The van der Waals surface area contributed by atoms with Crippen LogP contribution in [-0.4, -0.2) is 22.9 Å². The van der Waals surface area contributed by atoms with Gasteiger partial charge in [0, 0.05) is 22.6 Å². The van der Waals surface area contributed by atoms with Gasteiger partial charge < -0.3 is 4.90 Å². The summed E-state index contributed by atoms with van der Waals surface area (Å²) in [4.78, 5) is 14.3. The third-order valence-corrected chi connectivity index (χ3v) is 4.27. The second-order valence-electron chi connectivity index (χ2n) is 5.26. The first-order valence-corrected chi connectivity index (χ1v) is 7.63. The Bertz CT molecular complexity index is 456. The second-order valence-corrected chi connectivity index (χ2v) is 6.18. The highest BCUT2D eigenvalue weighted by Gasteiger charge is 2.27. The summed E-state index contributed by atoms with van der Waals surface area (Å²) in [6.07, 6.45) is 7.04. The molecule has 1 heterocycles. The lowest BCUT2D eigenvalue weighted by Crippen LogP contribution is -2.46. The molecule has 1 fully saturated rings. The number of rotatable bonds is 2. The van der Waals surface area contributed by atoms with Crippen molar-refractivity contribution in [3.63, 3.8) is 0 Å². The van der Waals surface area contributed by atoms with Crippen LogP contribution in [0.25, 0.3) is 6.08 Å². The van der Waals surface area contributed by atoms with Crippen molar-refractivity contribution in [1.82, 2.24) is 4.90 Å². The minimum atomic E-state index is 0.127. The van der Waals surface area contributed by atoms with Gasteiger partial charge in [0.15, 0.2) is 0 Å². The predicted octanol–water partition coefficient (Wildman–Crippen LogP) is 4.25. The Kier molecular flexibility index (Phi) is 4.81. The SMILES string of the molecule is C[C@@H]1CCC[C@@H](C)N1C(=O)/C=C/c1ccc(Br)cc1. The number of carbonyl (C=O) groups excluding carboxylic acids is 1. The highest BCUT2D eigenvalue weighted by atomic mass is 79.9. The summed E-state index contributed by atoms with van der Waals surface area (Å²) in [5.41, 5.74) is 1.05. The zero-order valence-electron chi connectivity index (χ0n) is 11.5. The van der Waals surface area contributed by atoms with E-state index in [-0.39, 0.29) is 5.91 Å². The van der Waals surface area contributed by atoms with Gasteiger partial charge in [0.25, 0.3) is 0 Å². The van der Waals surface area contributed by atoms with E-state index >= 15 is 0 Å². The summed E-state index contributed by atoms with van der Waals surface area (Å²) in [6, 6.07) is 8.66. The highest BCUT2D eigenvalue weighted by molar-refractivity contribution is 9.10. The molecule has 1 saturated heterocycles. The van der Waals surface area contributed by atoms with E-state index in [1.165, 1.54) is 6.42 Å². The summed E-state index contributed by atoms with van der Waals surface area (Å²) in [6.45, 7) is 4.28. The molecule has 0 spiro atoms. The summed E-state index contributed by atoms with van der Waals surface area (Å²) in [5.74, 6) is 0.127. The van der Waals surface area contributed by atoms with Gasteiger partial charge in [0.1, 0.15) is 0 Å². The van der Waals surface area contributed by atoms with Gasteiger partial charge in [-0.1, -0.05) is 28.1 Å². The molecular weight excluding hydrogens is 302 g/mol. The average Bonchev–Trinajstić information content (AvgIpc) is 2.38. The van der Waals surface area contributed by atoms with Gasteiger partial charge in [-0.3, -0.25) is 4.79 Å². The monoisotopic (exact) mass is 321 g/mol. The maximum absolute atomic E-state index is 12.3. The van der Waals surface area contributed by atoms with Crippen molar-refractivity contribution in [3.8, 4) is 0 Å². The molecule has 2 nitrogen and oxygen atoms in total. The molecule has 2 rings (SSSR count). The number of nitrogens with zero attached hydrogens (tertiary/aromatic N) is 1. The van der Waals surface area contributed by atoms with E-state index in [0.717, 1.165) is 22.9 Å². The van der Waals surface area contributed by atoms with Crippen molar-refractivity contribution < 1.29 is 4.79 Å². The molecule has 0 unspecified atom stereocenters. The molecule has 0 aromatic heterocycles. The number of hydrogen-bond donors (Lipinski definition) is 0. The van der Waals surface area contributed by atoms with E-state index in [0.29, 0.717) is 12.1 Å². The Labute approximate surface area is 123 Å². The molecule has 1 aromatic rings. The smallest absolute Gasteiger partial charge is 0.247 e. The van der Waals surface area contributed by atoms with Gasteiger partial charge in [-0.2, -0.15) is 0 Å². The number of halogens is 1. The Morgan fingerprint density at radius 1 is 1.21 bits per heavy atom. The third kappa shape index (κ3) is 3.69. The molecule has 1 amide bonds. The van der Waals surface area contributed by atoms with Crippen LogP contribution < -0.4 is 0 Å². The largest absolute Gasteiger partial charge is 0.334 e. The molecule has 0 bridgehead atoms. The quantitative estimate of drug-likeness (QED) is 0.745. The fourth-order valence-electron chi connectivity index (χ4n) is 2.68. The van der Waals surface area contributed by atoms with E-state index < -0.39 is 0 Å². The van der Waals surface area contributed by atoms with Crippen LogP contribution in [0.3, 0.4) is 0 Å². The minimum Gasteiger partial charge on any atom is -0.334 e. The minimum absolute atomic E-state index is 0.127. The maximum Gasteiger partial charge on any atom is 0.247 e. The Balaban J connectivity index is 2.05. The molecule has 102 valence electrons. The van der Waals surface area contributed by atoms with Gasteiger partial charge in [0.2, 0.25) is 5.91 Å². The Hall–Kier alpha value is -1.09. The molecule has 0 saturated carbocycles. The van der Waals surface area contributed by atoms with Crippen molar-refractivity contribution in [1.29, 1.82) is 0 Å². The third-order valence-electron chi connectivity index (χ3n) is 3.74. The standard InChI is InChI=1S/C16H20BrNO/c1-12-4-3-5-13(2)18(12)16(19)11-8-14-6-9-15(17)10-7-14/h6-13H,3-5H2,1-2H3/b11-8+/t12-,13-/m1/s1. The van der Waals surface area contributed by atoms with Crippen LogP contribution in [0.5, 0.6) is 0 Å². The van der Waals surface area contributed by atoms with E-state index in [1.807, 2.05) is 35.2 Å². The summed E-state index contributed by atoms with van der Waals surface area (Å²) < 4.78 is 1.05. The zero-order chi connectivity index (χ0) is 13.8. The van der Waals surface area contributed by atoms with E-state index in [4.69, 9.17) is 0 Å². The van der Waals surface area contributed by atoms with Crippen LogP contribution in [0, 0.1) is 0 Å².